The number of aromatic nitrogens is 1. The van der Waals surface area contributed by atoms with E-state index in [4.69, 9.17) is 11.0 Å². The number of rotatable bonds is 5. The molecule has 96 valence electrons. The summed E-state index contributed by atoms with van der Waals surface area (Å²) in [5.74, 6) is 0. The molecule has 0 bridgehead atoms. The van der Waals surface area contributed by atoms with E-state index in [0.29, 0.717) is 18.7 Å². The monoisotopic (exact) mass is 252 g/mol. The van der Waals surface area contributed by atoms with Gasteiger partial charge in [0.15, 0.2) is 0 Å². The topological polar surface area (TPSA) is 65.9 Å². The quantitative estimate of drug-likeness (QED) is 0.882. The molecule has 0 amide bonds. The van der Waals surface area contributed by atoms with E-state index in [1.165, 1.54) is 5.56 Å². The van der Waals surface area contributed by atoms with Gasteiger partial charge in [-0.3, -0.25) is 4.98 Å². The molecule has 2 N–H and O–H groups in total. The summed E-state index contributed by atoms with van der Waals surface area (Å²) in [6.45, 7) is 1.94. The number of benzene rings is 1. The zero-order valence-electron chi connectivity index (χ0n) is 10.7. The summed E-state index contributed by atoms with van der Waals surface area (Å²) in [5, 5.41) is 9.17. The summed E-state index contributed by atoms with van der Waals surface area (Å²) in [6, 6.07) is 14.0. The Morgan fingerprint density at radius 3 is 2.68 bits per heavy atom. The largest absolute Gasteiger partial charge is 0.364 e. The lowest BCUT2D eigenvalue weighted by atomic mass is 10.1. The van der Waals surface area contributed by atoms with Crippen molar-refractivity contribution in [1.29, 1.82) is 5.26 Å². The van der Waals surface area contributed by atoms with Crippen LogP contribution in [-0.4, -0.2) is 18.1 Å². The summed E-state index contributed by atoms with van der Waals surface area (Å²) in [5.41, 5.74) is 8.31. The molecule has 0 aliphatic heterocycles. The van der Waals surface area contributed by atoms with Crippen molar-refractivity contribution in [3.63, 3.8) is 0 Å². The van der Waals surface area contributed by atoms with Crippen LogP contribution in [0.25, 0.3) is 0 Å². The standard InChI is InChI=1S/C15H16N4/c16-7-9-19(12-13-4-2-1-3-5-13)15-11-18-8-6-14(15)10-17/h1-6,8,11H,7,9,12,16H2. The Kier molecular flexibility index (Phi) is 4.49. The molecule has 0 radical (unpaired) electrons. The van der Waals surface area contributed by atoms with Gasteiger partial charge in [0.05, 0.1) is 17.4 Å². The van der Waals surface area contributed by atoms with E-state index in [-0.39, 0.29) is 0 Å². The van der Waals surface area contributed by atoms with Gasteiger partial charge in [-0.2, -0.15) is 5.26 Å². The van der Waals surface area contributed by atoms with E-state index in [9.17, 15) is 0 Å². The molecule has 1 aromatic carbocycles. The van der Waals surface area contributed by atoms with Gasteiger partial charge >= 0.3 is 0 Å². The number of nitrogens with two attached hydrogens (primary N) is 1. The van der Waals surface area contributed by atoms with Crippen LogP contribution in [-0.2, 0) is 6.54 Å². The molecule has 19 heavy (non-hydrogen) atoms. The first-order valence-corrected chi connectivity index (χ1v) is 6.18. The van der Waals surface area contributed by atoms with Crippen molar-refractivity contribution in [2.75, 3.05) is 18.0 Å². The minimum Gasteiger partial charge on any atom is -0.364 e. The van der Waals surface area contributed by atoms with Gasteiger partial charge in [0, 0.05) is 25.8 Å². The van der Waals surface area contributed by atoms with Gasteiger partial charge in [-0.15, -0.1) is 0 Å². The number of nitriles is 1. The number of nitrogens with zero attached hydrogens (tertiary/aromatic N) is 3. The fourth-order valence-corrected chi connectivity index (χ4v) is 1.98. The van der Waals surface area contributed by atoms with E-state index in [0.717, 1.165) is 12.2 Å². The van der Waals surface area contributed by atoms with Crippen LogP contribution in [0.4, 0.5) is 5.69 Å². The summed E-state index contributed by atoms with van der Waals surface area (Å²) in [6.07, 6.45) is 3.35. The number of hydrogen-bond donors (Lipinski definition) is 1. The summed E-state index contributed by atoms with van der Waals surface area (Å²) in [7, 11) is 0. The van der Waals surface area contributed by atoms with E-state index in [1.807, 2.05) is 18.2 Å². The second kappa shape index (κ2) is 6.53. The SMILES string of the molecule is N#Cc1ccncc1N(CCN)Cc1ccccc1. The Labute approximate surface area is 113 Å². The second-order valence-corrected chi connectivity index (χ2v) is 4.20. The van der Waals surface area contributed by atoms with Crippen LogP contribution in [0.3, 0.4) is 0 Å². The lowest BCUT2D eigenvalue weighted by molar-refractivity contribution is 0.786. The molecule has 0 unspecified atom stereocenters. The molecule has 4 heteroatoms. The molecule has 0 saturated heterocycles. The minimum absolute atomic E-state index is 0.534. The van der Waals surface area contributed by atoms with E-state index in [2.05, 4.69) is 28.1 Å². The van der Waals surface area contributed by atoms with Gasteiger partial charge in [0.25, 0.3) is 0 Å². The summed E-state index contributed by atoms with van der Waals surface area (Å²) in [4.78, 5) is 6.19. The fourth-order valence-electron chi connectivity index (χ4n) is 1.98. The van der Waals surface area contributed by atoms with Crippen molar-refractivity contribution >= 4 is 5.69 Å². The molecule has 0 aliphatic carbocycles. The zero-order chi connectivity index (χ0) is 13.5. The lowest BCUT2D eigenvalue weighted by Crippen LogP contribution is -2.29. The average Bonchev–Trinajstić information content (AvgIpc) is 2.48. The van der Waals surface area contributed by atoms with E-state index < -0.39 is 0 Å². The smallest absolute Gasteiger partial charge is 0.101 e. The van der Waals surface area contributed by atoms with E-state index >= 15 is 0 Å². The molecule has 1 heterocycles. The maximum absolute atomic E-state index is 9.17. The van der Waals surface area contributed by atoms with Crippen molar-refractivity contribution in [1.82, 2.24) is 4.98 Å². The maximum Gasteiger partial charge on any atom is 0.101 e. The van der Waals surface area contributed by atoms with Crippen molar-refractivity contribution < 1.29 is 0 Å². The predicted octanol–water partition coefficient (Wildman–Crippen LogP) is 1.92. The fraction of sp³-hybridized carbons (Fsp3) is 0.200. The van der Waals surface area contributed by atoms with Gasteiger partial charge in [-0.25, -0.2) is 0 Å². The molecular formula is C15H16N4. The number of anilines is 1. The maximum atomic E-state index is 9.17. The molecular weight excluding hydrogens is 236 g/mol. The number of hydrogen-bond acceptors (Lipinski definition) is 4. The predicted molar refractivity (Wildman–Crippen MR) is 75.5 cm³/mol. The first kappa shape index (κ1) is 13.1. The molecule has 2 rings (SSSR count). The molecule has 4 nitrogen and oxygen atoms in total. The Balaban J connectivity index is 2.27. The molecule has 2 aromatic rings. The first-order chi connectivity index (χ1) is 9.35. The van der Waals surface area contributed by atoms with Crippen molar-refractivity contribution in [3.05, 3.63) is 59.9 Å². The highest BCUT2D eigenvalue weighted by Gasteiger charge is 2.11. The lowest BCUT2D eigenvalue weighted by Gasteiger charge is -2.24. The van der Waals surface area contributed by atoms with Crippen LogP contribution in [0, 0.1) is 11.3 Å². The molecule has 0 spiro atoms. The van der Waals surface area contributed by atoms with Crippen LogP contribution in [0.15, 0.2) is 48.8 Å². The highest BCUT2D eigenvalue weighted by molar-refractivity contribution is 5.57. The Morgan fingerprint density at radius 1 is 1.21 bits per heavy atom. The molecule has 0 fully saturated rings. The molecule has 1 aromatic heterocycles. The van der Waals surface area contributed by atoms with Crippen molar-refractivity contribution in [3.8, 4) is 6.07 Å². The average molecular weight is 252 g/mol. The summed E-state index contributed by atoms with van der Waals surface area (Å²) < 4.78 is 0. The minimum atomic E-state index is 0.534. The second-order valence-electron chi connectivity index (χ2n) is 4.20. The van der Waals surface area contributed by atoms with Gasteiger partial charge in [0.2, 0.25) is 0 Å². The van der Waals surface area contributed by atoms with Gasteiger partial charge in [-0.05, 0) is 11.6 Å². The third kappa shape index (κ3) is 3.30. The summed E-state index contributed by atoms with van der Waals surface area (Å²) >= 11 is 0. The molecule has 0 saturated carbocycles. The van der Waals surface area contributed by atoms with Crippen molar-refractivity contribution in [2.45, 2.75) is 6.54 Å². The Hall–Kier alpha value is -2.38. The van der Waals surface area contributed by atoms with Gasteiger partial charge < -0.3 is 10.6 Å². The third-order valence-electron chi connectivity index (χ3n) is 2.88. The van der Waals surface area contributed by atoms with Crippen LogP contribution in [0.5, 0.6) is 0 Å². The molecule has 0 aliphatic rings. The van der Waals surface area contributed by atoms with Crippen LogP contribution in [0.2, 0.25) is 0 Å². The zero-order valence-corrected chi connectivity index (χ0v) is 10.7. The third-order valence-corrected chi connectivity index (χ3v) is 2.88. The van der Waals surface area contributed by atoms with Gasteiger partial charge in [-0.1, -0.05) is 30.3 Å². The van der Waals surface area contributed by atoms with E-state index in [1.54, 1.807) is 18.5 Å². The molecule has 0 atom stereocenters. The highest BCUT2D eigenvalue weighted by atomic mass is 15.1. The van der Waals surface area contributed by atoms with Crippen LogP contribution < -0.4 is 10.6 Å². The van der Waals surface area contributed by atoms with Gasteiger partial charge in [0.1, 0.15) is 6.07 Å². The Morgan fingerprint density at radius 2 is 2.00 bits per heavy atom. The van der Waals surface area contributed by atoms with Crippen LogP contribution in [0.1, 0.15) is 11.1 Å². The Bertz CT molecular complexity index is 560. The highest BCUT2D eigenvalue weighted by Crippen LogP contribution is 2.20. The van der Waals surface area contributed by atoms with Crippen molar-refractivity contribution in [2.24, 2.45) is 5.73 Å². The van der Waals surface area contributed by atoms with Crippen LogP contribution >= 0.6 is 0 Å². The number of pyridine rings is 1. The normalized spacial score (nSPS) is 9.89. The first-order valence-electron chi connectivity index (χ1n) is 6.18.